The Labute approximate surface area is 146 Å². The minimum atomic E-state index is -0.232. The highest BCUT2D eigenvalue weighted by Gasteiger charge is 2.34. The van der Waals surface area contributed by atoms with Crippen molar-refractivity contribution in [3.8, 4) is 5.75 Å². The summed E-state index contributed by atoms with van der Waals surface area (Å²) < 4.78 is 7.22. The van der Waals surface area contributed by atoms with Gasteiger partial charge < -0.3 is 19.1 Å². The number of rotatable bonds is 4. The Morgan fingerprint density at radius 3 is 2.76 bits per heavy atom. The number of piperazine rings is 1. The van der Waals surface area contributed by atoms with Crippen LogP contribution in [0.1, 0.15) is 18.5 Å². The topological polar surface area (TPSA) is 67.7 Å². The van der Waals surface area contributed by atoms with Gasteiger partial charge in [0.15, 0.2) is 0 Å². The number of carbonyl (C=O) groups excluding carboxylic acids is 2. The van der Waals surface area contributed by atoms with Crippen LogP contribution in [0.25, 0.3) is 0 Å². The molecule has 0 unspecified atom stereocenters. The Morgan fingerprint density at radius 1 is 1.28 bits per heavy atom. The van der Waals surface area contributed by atoms with Crippen LogP contribution >= 0.6 is 0 Å². The van der Waals surface area contributed by atoms with E-state index in [2.05, 4.69) is 4.98 Å². The van der Waals surface area contributed by atoms with Crippen molar-refractivity contribution in [2.75, 3.05) is 26.7 Å². The summed E-state index contributed by atoms with van der Waals surface area (Å²) in [4.78, 5) is 32.3. The van der Waals surface area contributed by atoms with E-state index in [9.17, 15) is 9.59 Å². The number of carbonyl (C=O) groups is 2. The second-order valence-electron chi connectivity index (χ2n) is 6.04. The molecule has 0 aliphatic carbocycles. The lowest BCUT2D eigenvalue weighted by Crippen LogP contribution is -2.52. The molecule has 0 saturated carbocycles. The minimum Gasteiger partial charge on any atom is -0.496 e. The maximum Gasteiger partial charge on any atom is 0.243 e. The van der Waals surface area contributed by atoms with Crippen LogP contribution in [0.15, 0.2) is 43.0 Å². The molecule has 1 fully saturated rings. The third-order valence-electron chi connectivity index (χ3n) is 4.52. The summed E-state index contributed by atoms with van der Waals surface area (Å²) in [5.41, 5.74) is 0.912. The summed E-state index contributed by atoms with van der Waals surface area (Å²) in [6.45, 7) is 3.28. The average molecular weight is 342 g/mol. The Bertz CT molecular complexity index is 745. The van der Waals surface area contributed by atoms with Gasteiger partial charge in [-0.05, 0) is 6.07 Å². The van der Waals surface area contributed by atoms with Crippen molar-refractivity contribution in [1.82, 2.24) is 19.4 Å². The van der Waals surface area contributed by atoms with Crippen molar-refractivity contribution in [3.05, 3.63) is 48.5 Å². The molecule has 2 aromatic rings. The number of ether oxygens (including phenoxy) is 1. The Hall–Kier alpha value is -2.83. The van der Waals surface area contributed by atoms with E-state index in [4.69, 9.17) is 4.74 Å². The standard InChI is InChI=1S/C18H22N4O3/c1-14(23)21-9-10-22(18(24)12-20-8-7-19-13-20)16(11-21)15-5-3-4-6-17(15)25-2/h3-8,13,16H,9-12H2,1-2H3/t16-/m1/s1. The molecule has 0 radical (unpaired) electrons. The van der Waals surface area contributed by atoms with E-state index in [0.717, 1.165) is 11.3 Å². The van der Waals surface area contributed by atoms with Gasteiger partial charge in [-0.3, -0.25) is 9.59 Å². The van der Waals surface area contributed by atoms with Gasteiger partial charge in [-0.15, -0.1) is 0 Å². The lowest BCUT2D eigenvalue weighted by molar-refractivity contribution is -0.142. The van der Waals surface area contributed by atoms with Crippen LogP contribution in [-0.4, -0.2) is 57.9 Å². The van der Waals surface area contributed by atoms with E-state index < -0.39 is 0 Å². The van der Waals surface area contributed by atoms with Gasteiger partial charge in [-0.2, -0.15) is 0 Å². The number of hydrogen-bond acceptors (Lipinski definition) is 4. The maximum atomic E-state index is 12.9. The molecule has 2 amide bonds. The Kier molecular flexibility index (Phi) is 5.02. The summed E-state index contributed by atoms with van der Waals surface area (Å²) in [6.07, 6.45) is 5.04. The molecule has 1 aromatic carbocycles. The third kappa shape index (κ3) is 3.65. The molecule has 1 aliphatic heterocycles. The third-order valence-corrected chi connectivity index (χ3v) is 4.52. The molecule has 2 heterocycles. The summed E-state index contributed by atoms with van der Waals surface area (Å²) >= 11 is 0. The fourth-order valence-electron chi connectivity index (χ4n) is 3.20. The zero-order chi connectivity index (χ0) is 17.8. The van der Waals surface area contributed by atoms with Crippen LogP contribution in [0.4, 0.5) is 0 Å². The molecule has 0 spiro atoms. The van der Waals surface area contributed by atoms with Crippen LogP contribution in [0.5, 0.6) is 5.75 Å². The Morgan fingerprint density at radius 2 is 2.08 bits per heavy atom. The van der Waals surface area contributed by atoms with Gasteiger partial charge in [0.25, 0.3) is 0 Å². The minimum absolute atomic E-state index is 0.00268. The van der Waals surface area contributed by atoms with Crippen molar-refractivity contribution in [3.63, 3.8) is 0 Å². The lowest BCUT2D eigenvalue weighted by atomic mass is 10.0. The van der Waals surface area contributed by atoms with Crippen LogP contribution in [0.2, 0.25) is 0 Å². The van der Waals surface area contributed by atoms with Gasteiger partial charge in [0.05, 0.1) is 19.5 Å². The average Bonchev–Trinajstić information content (AvgIpc) is 3.14. The van der Waals surface area contributed by atoms with Gasteiger partial charge in [0.2, 0.25) is 11.8 Å². The van der Waals surface area contributed by atoms with Crippen LogP contribution in [0, 0.1) is 0 Å². The number of nitrogens with zero attached hydrogens (tertiary/aromatic N) is 4. The van der Waals surface area contributed by atoms with Gasteiger partial charge in [0, 0.05) is 44.5 Å². The van der Waals surface area contributed by atoms with Crippen molar-refractivity contribution in [2.45, 2.75) is 19.5 Å². The molecule has 132 valence electrons. The fourth-order valence-corrected chi connectivity index (χ4v) is 3.20. The maximum absolute atomic E-state index is 12.9. The van der Waals surface area contributed by atoms with E-state index in [1.807, 2.05) is 29.2 Å². The SMILES string of the molecule is COc1ccccc1[C@H]1CN(C(C)=O)CCN1C(=O)Cn1ccnc1. The second-order valence-corrected chi connectivity index (χ2v) is 6.04. The van der Waals surface area contributed by atoms with E-state index in [1.54, 1.807) is 42.2 Å². The zero-order valence-corrected chi connectivity index (χ0v) is 14.5. The first-order valence-electron chi connectivity index (χ1n) is 8.23. The molecule has 1 atom stereocenters. The van der Waals surface area contributed by atoms with Crippen LogP contribution in [-0.2, 0) is 16.1 Å². The normalized spacial score (nSPS) is 17.4. The number of methoxy groups -OCH3 is 1. The lowest BCUT2D eigenvalue weighted by Gasteiger charge is -2.41. The van der Waals surface area contributed by atoms with E-state index in [-0.39, 0.29) is 24.4 Å². The number of amides is 2. The molecule has 7 heteroatoms. The second kappa shape index (κ2) is 7.38. The molecule has 25 heavy (non-hydrogen) atoms. The molecule has 0 N–H and O–H groups in total. The highest BCUT2D eigenvalue weighted by Crippen LogP contribution is 2.32. The summed E-state index contributed by atoms with van der Waals surface area (Å²) in [7, 11) is 1.61. The van der Waals surface area contributed by atoms with E-state index in [0.29, 0.717) is 19.6 Å². The Balaban J connectivity index is 1.89. The summed E-state index contributed by atoms with van der Waals surface area (Å²) in [5, 5.41) is 0. The molecule has 1 saturated heterocycles. The van der Waals surface area contributed by atoms with Crippen molar-refractivity contribution < 1.29 is 14.3 Å². The summed E-state index contributed by atoms with van der Waals surface area (Å²) in [5.74, 6) is 0.733. The number of benzene rings is 1. The highest BCUT2D eigenvalue weighted by molar-refractivity contribution is 5.78. The van der Waals surface area contributed by atoms with Crippen molar-refractivity contribution in [2.24, 2.45) is 0 Å². The molecule has 0 bridgehead atoms. The monoisotopic (exact) mass is 342 g/mol. The van der Waals surface area contributed by atoms with E-state index in [1.165, 1.54) is 0 Å². The van der Waals surface area contributed by atoms with Crippen LogP contribution < -0.4 is 4.74 Å². The van der Waals surface area contributed by atoms with E-state index >= 15 is 0 Å². The molecular weight excluding hydrogens is 320 g/mol. The molecule has 3 rings (SSSR count). The zero-order valence-electron chi connectivity index (χ0n) is 14.5. The van der Waals surface area contributed by atoms with Gasteiger partial charge in [0.1, 0.15) is 12.3 Å². The molecular formula is C18H22N4O3. The van der Waals surface area contributed by atoms with Gasteiger partial charge in [-0.25, -0.2) is 4.98 Å². The first kappa shape index (κ1) is 17.0. The fraction of sp³-hybridized carbons (Fsp3) is 0.389. The largest absolute Gasteiger partial charge is 0.496 e. The van der Waals surface area contributed by atoms with Crippen molar-refractivity contribution in [1.29, 1.82) is 0 Å². The summed E-state index contributed by atoms with van der Waals surface area (Å²) in [6, 6.07) is 7.41. The molecule has 1 aromatic heterocycles. The number of imidazole rings is 1. The van der Waals surface area contributed by atoms with Gasteiger partial charge >= 0.3 is 0 Å². The first-order valence-corrected chi connectivity index (χ1v) is 8.23. The quantitative estimate of drug-likeness (QED) is 0.840. The molecule has 1 aliphatic rings. The van der Waals surface area contributed by atoms with Crippen LogP contribution in [0.3, 0.4) is 0 Å². The molecule has 7 nitrogen and oxygen atoms in total. The van der Waals surface area contributed by atoms with Gasteiger partial charge in [-0.1, -0.05) is 18.2 Å². The number of para-hydroxylation sites is 1. The smallest absolute Gasteiger partial charge is 0.243 e. The number of aromatic nitrogens is 2. The first-order chi connectivity index (χ1) is 12.1. The highest BCUT2D eigenvalue weighted by atomic mass is 16.5. The predicted molar refractivity (Wildman–Crippen MR) is 91.9 cm³/mol. The van der Waals surface area contributed by atoms with Crippen molar-refractivity contribution >= 4 is 11.8 Å². The number of hydrogen-bond donors (Lipinski definition) is 0. The predicted octanol–water partition coefficient (Wildman–Crippen LogP) is 1.32.